The molecule has 6 nitrogen and oxygen atoms in total. The molecule has 0 saturated carbocycles. The minimum absolute atomic E-state index is 0.149. The van der Waals surface area contributed by atoms with Gasteiger partial charge in [0.1, 0.15) is 23.7 Å². The fourth-order valence-corrected chi connectivity index (χ4v) is 2.66. The topological polar surface area (TPSA) is 77.2 Å². The molecule has 2 aromatic heterocycles. The molecule has 26 heavy (non-hydrogen) atoms. The molecule has 1 aromatic carbocycles. The van der Waals surface area contributed by atoms with Gasteiger partial charge in [0.15, 0.2) is 0 Å². The molecule has 0 bridgehead atoms. The van der Waals surface area contributed by atoms with Crippen molar-refractivity contribution >= 4 is 5.91 Å². The number of nitrogens with one attached hydrogen (secondary N) is 1. The number of aryl methyl sites for hydroxylation is 2. The summed E-state index contributed by atoms with van der Waals surface area (Å²) in [6, 6.07) is 11.4. The molecule has 0 aliphatic carbocycles. The van der Waals surface area contributed by atoms with Gasteiger partial charge in [-0.3, -0.25) is 9.78 Å². The van der Waals surface area contributed by atoms with Crippen LogP contribution in [0.15, 0.2) is 53.3 Å². The van der Waals surface area contributed by atoms with Gasteiger partial charge >= 0.3 is 0 Å². The number of hydrogen-bond donors (Lipinski definition) is 1. The molecule has 2 heterocycles. The predicted molar refractivity (Wildman–Crippen MR) is 96.9 cm³/mol. The number of nitrogens with zero attached hydrogens (tertiary/aromatic N) is 2. The Morgan fingerprint density at radius 3 is 2.62 bits per heavy atom. The van der Waals surface area contributed by atoms with E-state index in [9.17, 15) is 4.79 Å². The normalized spacial score (nSPS) is 11.8. The summed E-state index contributed by atoms with van der Waals surface area (Å²) in [7, 11) is 0. The lowest BCUT2D eigenvalue weighted by molar-refractivity contribution is 0.0938. The lowest BCUT2D eigenvalue weighted by Crippen LogP contribution is -2.27. The quantitative estimate of drug-likeness (QED) is 0.732. The molecule has 1 amide bonds. The first-order chi connectivity index (χ1) is 12.5. The third-order valence-corrected chi connectivity index (χ3v) is 4.12. The largest absolute Gasteiger partial charge is 0.489 e. The average molecular weight is 351 g/mol. The van der Waals surface area contributed by atoms with E-state index in [1.54, 1.807) is 26.2 Å². The summed E-state index contributed by atoms with van der Waals surface area (Å²) in [6.07, 6.45) is 3.51. The number of hydrogen-bond acceptors (Lipinski definition) is 5. The van der Waals surface area contributed by atoms with Gasteiger partial charge in [-0.15, -0.1) is 0 Å². The van der Waals surface area contributed by atoms with Gasteiger partial charge < -0.3 is 14.6 Å². The number of benzene rings is 1. The predicted octanol–water partition coefficient (Wildman–Crippen LogP) is 3.76. The SMILES string of the molecule is Cc1noc(C)c1C(=O)NC(C)c1ccc(OCc2cccnc2)cc1. The van der Waals surface area contributed by atoms with Crippen molar-refractivity contribution in [1.29, 1.82) is 0 Å². The molecule has 134 valence electrons. The lowest BCUT2D eigenvalue weighted by Gasteiger charge is -2.15. The monoisotopic (exact) mass is 351 g/mol. The van der Waals surface area contributed by atoms with E-state index in [1.807, 2.05) is 43.3 Å². The highest BCUT2D eigenvalue weighted by Crippen LogP contribution is 2.20. The van der Waals surface area contributed by atoms with E-state index < -0.39 is 0 Å². The summed E-state index contributed by atoms with van der Waals surface area (Å²) in [4.78, 5) is 16.5. The van der Waals surface area contributed by atoms with Crippen LogP contribution in [0.25, 0.3) is 0 Å². The number of pyridine rings is 1. The van der Waals surface area contributed by atoms with Crippen LogP contribution in [0.5, 0.6) is 5.75 Å². The maximum Gasteiger partial charge on any atom is 0.257 e. The second kappa shape index (κ2) is 7.82. The van der Waals surface area contributed by atoms with Crippen LogP contribution in [0.3, 0.4) is 0 Å². The van der Waals surface area contributed by atoms with Crippen LogP contribution in [0, 0.1) is 13.8 Å². The molecule has 1 unspecified atom stereocenters. The van der Waals surface area contributed by atoms with E-state index >= 15 is 0 Å². The first-order valence-corrected chi connectivity index (χ1v) is 8.40. The summed E-state index contributed by atoms with van der Waals surface area (Å²) in [5.74, 6) is 1.10. The van der Waals surface area contributed by atoms with Crippen LogP contribution in [-0.2, 0) is 6.61 Å². The minimum atomic E-state index is -0.189. The van der Waals surface area contributed by atoms with Crippen molar-refractivity contribution < 1.29 is 14.1 Å². The first kappa shape index (κ1) is 17.7. The second-order valence-electron chi connectivity index (χ2n) is 6.11. The zero-order valence-corrected chi connectivity index (χ0v) is 15.0. The van der Waals surface area contributed by atoms with E-state index in [0.29, 0.717) is 23.6 Å². The molecule has 0 fully saturated rings. The number of ether oxygens (including phenoxy) is 1. The maximum atomic E-state index is 12.4. The molecule has 3 aromatic rings. The van der Waals surface area contributed by atoms with Gasteiger partial charge in [0.2, 0.25) is 0 Å². The molecule has 1 N–H and O–H groups in total. The Labute approximate surface area is 152 Å². The van der Waals surface area contributed by atoms with Crippen molar-refractivity contribution in [2.75, 3.05) is 0 Å². The molecule has 0 aliphatic rings. The third-order valence-electron chi connectivity index (χ3n) is 4.12. The summed E-state index contributed by atoms with van der Waals surface area (Å²) in [5, 5.41) is 6.79. The number of rotatable bonds is 6. The third kappa shape index (κ3) is 4.08. The molecule has 0 spiro atoms. The van der Waals surface area contributed by atoms with Gasteiger partial charge in [-0.05, 0) is 44.5 Å². The van der Waals surface area contributed by atoms with Crippen LogP contribution in [0.4, 0.5) is 0 Å². The molecule has 1 atom stereocenters. The van der Waals surface area contributed by atoms with E-state index in [-0.39, 0.29) is 11.9 Å². The van der Waals surface area contributed by atoms with Crippen molar-refractivity contribution in [2.24, 2.45) is 0 Å². The highest BCUT2D eigenvalue weighted by molar-refractivity contribution is 5.96. The van der Waals surface area contributed by atoms with Gasteiger partial charge in [0.25, 0.3) is 5.91 Å². The highest BCUT2D eigenvalue weighted by Gasteiger charge is 2.19. The van der Waals surface area contributed by atoms with E-state index in [1.165, 1.54) is 0 Å². The maximum absolute atomic E-state index is 12.4. The summed E-state index contributed by atoms with van der Waals surface area (Å²) in [6.45, 7) is 5.88. The minimum Gasteiger partial charge on any atom is -0.489 e. The average Bonchev–Trinajstić information content (AvgIpc) is 2.99. The first-order valence-electron chi connectivity index (χ1n) is 8.40. The van der Waals surface area contributed by atoms with Gasteiger partial charge in [0, 0.05) is 18.0 Å². The van der Waals surface area contributed by atoms with Crippen LogP contribution in [0.2, 0.25) is 0 Å². The van der Waals surface area contributed by atoms with Crippen molar-refractivity contribution in [3.63, 3.8) is 0 Å². The van der Waals surface area contributed by atoms with Gasteiger partial charge in [-0.2, -0.15) is 0 Å². The number of amides is 1. The Hall–Kier alpha value is -3.15. The molecule has 0 radical (unpaired) electrons. The van der Waals surface area contributed by atoms with E-state index in [4.69, 9.17) is 9.26 Å². The number of carbonyl (C=O) groups is 1. The summed E-state index contributed by atoms with van der Waals surface area (Å²) < 4.78 is 10.8. The van der Waals surface area contributed by atoms with Gasteiger partial charge in [-0.25, -0.2) is 0 Å². The van der Waals surface area contributed by atoms with Crippen LogP contribution in [-0.4, -0.2) is 16.0 Å². The molecule has 0 saturated heterocycles. The number of carbonyl (C=O) groups excluding carboxylic acids is 1. The zero-order chi connectivity index (χ0) is 18.5. The fraction of sp³-hybridized carbons (Fsp3) is 0.250. The van der Waals surface area contributed by atoms with Crippen molar-refractivity contribution in [3.05, 3.63) is 76.9 Å². The lowest BCUT2D eigenvalue weighted by atomic mass is 10.1. The fourth-order valence-electron chi connectivity index (χ4n) is 2.66. The Morgan fingerprint density at radius 1 is 1.23 bits per heavy atom. The van der Waals surface area contributed by atoms with E-state index in [0.717, 1.165) is 16.9 Å². The van der Waals surface area contributed by atoms with Crippen molar-refractivity contribution in [3.8, 4) is 5.75 Å². The van der Waals surface area contributed by atoms with Crippen LogP contribution >= 0.6 is 0 Å². The van der Waals surface area contributed by atoms with Crippen LogP contribution < -0.4 is 10.1 Å². The number of aromatic nitrogens is 2. The highest BCUT2D eigenvalue weighted by atomic mass is 16.5. The Balaban J connectivity index is 1.60. The standard InChI is InChI=1S/C20H21N3O3/c1-13(22-20(24)19-14(2)23-26-15(19)3)17-6-8-18(9-7-17)25-12-16-5-4-10-21-11-16/h4-11,13H,12H2,1-3H3,(H,22,24). The Bertz CT molecular complexity index is 854. The van der Waals surface area contributed by atoms with E-state index in [2.05, 4.69) is 15.5 Å². The zero-order valence-electron chi connectivity index (χ0n) is 15.0. The van der Waals surface area contributed by atoms with Crippen molar-refractivity contribution in [2.45, 2.75) is 33.4 Å². The second-order valence-corrected chi connectivity index (χ2v) is 6.11. The van der Waals surface area contributed by atoms with Crippen molar-refractivity contribution in [1.82, 2.24) is 15.5 Å². The molecule has 6 heteroatoms. The molecule has 0 aliphatic heterocycles. The molecule has 3 rings (SSSR count). The van der Waals surface area contributed by atoms with Gasteiger partial charge in [0.05, 0.1) is 11.7 Å². The molecular formula is C20H21N3O3. The Kier molecular flexibility index (Phi) is 5.31. The summed E-state index contributed by atoms with van der Waals surface area (Å²) >= 11 is 0. The molecular weight excluding hydrogens is 330 g/mol. The Morgan fingerprint density at radius 2 is 2.00 bits per heavy atom. The summed E-state index contributed by atoms with van der Waals surface area (Å²) in [5.41, 5.74) is 3.08. The smallest absolute Gasteiger partial charge is 0.257 e. The van der Waals surface area contributed by atoms with Gasteiger partial charge in [-0.1, -0.05) is 23.4 Å². The van der Waals surface area contributed by atoms with Crippen LogP contribution in [0.1, 0.15) is 45.9 Å².